The lowest BCUT2D eigenvalue weighted by Crippen LogP contribution is -2.41. The number of anilines is 2. The Bertz CT molecular complexity index is 1120. The third-order valence-electron chi connectivity index (χ3n) is 6.52. The van der Waals surface area contributed by atoms with E-state index in [2.05, 4.69) is 20.6 Å². The van der Waals surface area contributed by atoms with Crippen LogP contribution in [0.1, 0.15) is 41.6 Å². The summed E-state index contributed by atoms with van der Waals surface area (Å²) in [6, 6.07) is 3.78. The van der Waals surface area contributed by atoms with E-state index in [1.54, 1.807) is 6.07 Å². The Labute approximate surface area is 192 Å². The number of carbonyl (C=O) groups excluding carboxylic acids is 2. The first-order valence-electron chi connectivity index (χ1n) is 10.7. The molecule has 0 radical (unpaired) electrons. The van der Waals surface area contributed by atoms with Crippen molar-refractivity contribution in [2.45, 2.75) is 37.9 Å². The maximum atomic E-state index is 12.9. The van der Waals surface area contributed by atoms with Crippen LogP contribution in [-0.2, 0) is 11.0 Å². The van der Waals surface area contributed by atoms with E-state index in [0.717, 1.165) is 37.9 Å². The highest BCUT2D eigenvalue weighted by atomic mass is 35.5. The van der Waals surface area contributed by atoms with Crippen molar-refractivity contribution in [3.05, 3.63) is 46.7 Å². The molecule has 1 spiro atoms. The molecule has 33 heavy (non-hydrogen) atoms. The van der Waals surface area contributed by atoms with Gasteiger partial charge < -0.3 is 15.5 Å². The van der Waals surface area contributed by atoms with Crippen LogP contribution >= 0.6 is 11.6 Å². The second-order valence-corrected chi connectivity index (χ2v) is 9.40. The molecular formula is C22H21ClF3N5O2. The fourth-order valence-corrected chi connectivity index (χ4v) is 4.56. The van der Waals surface area contributed by atoms with Gasteiger partial charge in [0.05, 0.1) is 16.6 Å². The van der Waals surface area contributed by atoms with Crippen molar-refractivity contribution < 1.29 is 22.8 Å². The molecule has 1 saturated heterocycles. The first-order chi connectivity index (χ1) is 15.6. The fourth-order valence-electron chi connectivity index (χ4n) is 4.27. The smallest absolute Gasteiger partial charge is 0.353 e. The minimum absolute atomic E-state index is 0.0223. The van der Waals surface area contributed by atoms with Crippen molar-refractivity contribution in [3.8, 4) is 0 Å². The maximum absolute atomic E-state index is 12.9. The molecule has 0 aromatic carbocycles. The van der Waals surface area contributed by atoms with Crippen LogP contribution in [0.15, 0.2) is 30.6 Å². The maximum Gasteiger partial charge on any atom is 0.417 e. The molecule has 2 aliphatic carbocycles. The van der Waals surface area contributed by atoms with Gasteiger partial charge in [-0.05, 0) is 43.9 Å². The lowest BCUT2D eigenvalue weighted by molar-refractivity contribution is -0.137. The van der Waals surface area contributed by atoms with E-state index in [4.69, 9.17) is 11.6 Å². The lowest BCUT2D eigenvalue weighted by Gasteiger charge is -2.20. The van der Waals surface area contributed by atoms with Crippen molar-refractivity contribution >= 4 is 35.1 Å². The van der Waals surface area contributed by atoms with E-state index in [9.17, 15) is 22.8 Å². The van der Waals surface area contributed by atoms with Gasteiger partial charge in [0.15, 0.2) is 0 Å². The zero-order valence-electron chi connectivity index (χ0n) is 17.5. The SMILES string of the molecule is O=C(N[C@H]1CN(c2ncc(C(F)(F)F)cc2Cl)CC12CC2)c1ccnc(NC(=O)C2CC2)c1. The highest BCUT2D eigenvalue weighted by molar-refractivity contribution is 6.33. The summed E-state index contributed by atoms with van der Waals surface area (Å²) in [5.74, 6) is 0.235. The summed E-state index contributed by atoms with van der Waals surface area (Å²) >= 11 is 6.13. The molecule has 3 heterocycles. The Hall–Kier alpha value is -2.88. The molecule has 2 aromatic heterocycles. The van der Waals surface area contributed by atoms with Gasteiger partial charge in [-0.2, -0.15) is 13.2 Å². The molecule has 2 aromatic rings. The highest BCUT2D eigenvalue weighted by Crippen LogP contribution is 2.54. The number of alkyl halides is 3. The molecule has 0 unspecified atom stereocenters. The van der Waals surface area contributed by atoms with Crippen molar-refractivity contribution in [1.29, 1.82) is 0 Å². The summed E-state index contributed by atoms with van der Waals surface area (Å²) in [5, 5.41) is 5.70. The zero-order valence-corrected chi connectivity index (χ0v) is 18.2. The average molecular weight is 480 g/mol. The van der Waals surface area contributed by atoms with Crippen LogP contribution < -0.4 is 15.5 Å². The van der Waals surface area contributed by atoms with Crippen molar-refractivity contribution in [2.24, 2.45) is 11.3 Å². The van der Waals surface area contributed by atoms with Gasteiger partial charge in [-0.1, -0.05) is 11.6 Å². The molecular weight excluding hydrogens is 459 g/mol. The van der Waals surface area contributed by atoms with Gasteiger partial charge in [-0.15, -0.1) is 0 Å². The third kappa shape index (κ3) is 4.48. The van der Waals surface area contributed by atoms with E-state index in [0.29, 0.717) is 24.5 Å². The predicted octanol–water partition coefficient (Wildman–Crippen LogP) is 3.90. The number of hydrogen-bond acceptors (Lipinski definition) is 5. The molecule has 2 saturated carbocycles. The monoisotopic (exact) mass is 479 g/mol. The Balaban J connectivity index is 1.28. The van der Waals surface area contributed by atoms with Gasteiger partial charge in [-0.25, -0.2) is 9.97 Å². The summed E-state index contributed by atoms with van der Waals surface area (Å²) in [5.41, 5.74) is -0.681. The van der Waals surface area contributed by atoms with E-state index >= 15 is 0 Å². The topological polar surface area (TPSA) is 87.2 Å². The number of nitrogens with zero attached hydrogens (tertiary/aromatic N) is 3. The Morgan fingerprint density at radius 1 is 1.18 bits per heavy atom. The summed E-state index contributed by atoms with van der Waals surface area (Å²) < 4.78 is 38.8. The summed E-state index contributed by atoms with van der Waals surface area (Å²) in [4.78, 5) is 34.8. The van der Waals surface area contributed by atoms with E-state index in [-0.39, 0.29) is 40.0 Å². The number of pyridine rings is 2. The Morgan fingerprint density at radius 2 is 1.94 bits per heavy atom. The molecule has 2 amide bonds. The Kier molecular flexibility index (Phi) is 5.23. The van der Waals surface area contributed by atoms with Crippen LogP contribution in [0.25, 0.3) is 0 Å². The fraction of sp³-hybridized carbons (Fsp3) is 0.455. The molecule has 5 rings (SSSR count). The molecule has 1 aliphatic heterocycles. The first-order valence-corrected chi connectivity index (χ1v) is 11.1. The molecule has 7 nitrogen and oxygen atoms in total. The van der Waals surface area contributed by atoms with Crippen LogP contribution in [0.3, 0.4) is 0 Å². The van der Waals surface area contributed by atoms with Gasteiger partial charge in [0.25, 0.3) is 5.91 Å². The molecule has 3 aliphatic rings. The van der Waals surface area contributed by atoms with Gasteiger partial charge in [-0.3, -0.25) is 9.59 Å². The van der Waals surface area contributed by atoms with Gasteiger partial charge in [0, 0.05) is 42.4 Å². The summed E-state index contributed by atoms with van der Waals surface area (Å²) in [6.45, 7) is 0.940. The van der Waals surface area contributed by atoms with Crippen LogP contribution in [0.5, 0.6) is 0 Å². The summed E-state index contributed by atoms with van der Waals surface area (Å²) in [7, 11) is 0. The number of aromatic nitrogens is 2. The number of carbonyl (C=O) groups is 2. The van der Waals surface area contributed by atoms with Crippen molar-refractivity contribution in [1.82, 2.24) is 15.3 Å². The van der Waals surface area contributed by atoms with Crippen LogP contribution in [0.2, 0.25) is 5.02 Å². The average Bonchev–Trinajstić information content (AvgIpc) is 3.67. The molecule has 2 N–H and O–H groups in total. The van der Waals surface area contributed by atoms with E-state index in [1.807, 2.05) is 4.90 Å². The predicted molar refractivity (Wildman–Crippen MR) is 115 cm³/mol. The second kappa shape index (κ2) is 7.86. The van der Waals surface area contributed by atoms with Gasteiger partial charge in [0.1, 0.15) is 11.6 Å². The standard InChI is InChI=1S/C22H21ClF3N5O2/c23-15-8-14(22(24,25)26)9-28-18(15)31-10-16(21(11-31)4-5-21)29-20(33)13-3-6-27-17(7-13)30-19(32)12-1-2-12/h3,6-9,12,16H,1-2,4-5,10-11H2,(H,29,33)(H,27,30,32)/t16-/m0/s1. The number of halogens is 4. The quantitative estimate of drug-likeness (QED) is 0.679. The van der Waals surface area contributed by atoms with Gasteiger partial charge in [0.2, 0.25) is 5.91 Å². The first kappa shape index (κ1) is 21.9. The van der Waals surface area contributed by atoms with E-state index in [1.165, 1.54) is 12.3 Å². The molecule has 1 atom stereocenters. The molecule has 0 bridgehead atoms. The van der Waals surface area contributed by atoms with E-state index < -0.39 is 11.7 Å². The third-order valence-corrected chi connectivity index (χ3v) is 6.79. The second-order valence-electron chi connectivity index (χ2n) is 8.99. The summed E-state index contributed by atoms with van der Waals surface area (Å²) in [6.07, 6.45) is 1.25. The normalized spacial score (nSPS) is 21.2. The van der Waals surface area contributed by atoms with Gasteiger partial charge >= 0.3 is 6.18 Å². The van der Waals surface area contributed by atoms with Crippen LogP contribution in [0, 0.1) is 11.3 Å². The largest absolute Gasteiger partial charge is 0.417 e. The minimum Gasteiger partial charge on any atom is -0.353 e. The van der Waals surface area contributed by atoms with Crippen molar-refractivity contribution in [3.63, 3.8) is 0 Å². The Morgan fingerprint density at radius 3 is 2.58 bits per heavy atom. The highest BCUT2D eigenvalue weighted by Gasteiger charge is 2.56. The number of rotatable bonds is 5. The number of nitrogens with one attached hydrogen (secondary N) is 2. The molecule has 3 fully saturated rings. The lowest BCUT2D eigenvalue weighted by atomic mass is 10.0. The van der Waals surface area contributed by atoms with Crippen LogP contribution in [-0.4, -0.2) is 40.9 Å². The zero-order chi connectivity index (χ0) is 23.4. The minimum atomic E-state index is -4.52. The molecule has 174 valence electrons. The van der Waals surface area contributed by atoms with Crippen molar-refractivity contribution in [2.75, 3.05) is 23.3 Å². The number of hydrogen-bond donors (Lipinski definition) is 2. The molecule has 11 heteroatoms. The van der Waals surface area contributed by atoms with Crippen LogP contribution in [0.4, 0.5) is 24.8 Å². The number of amides is 2.